The van der Waals surface area contributed by atoms with E-state index >= 15 is 0 Å². The van der Waals surface area contributed by atoms with Crippen LogP contribution >= 0.6 is 11.6 Å². The molecule has 0 radical (unpaired) electrons. The molecule has 0 aromatic rings. The number of halogens is 4. The van der Waals surface area contributed by atoms with Gasteiger partial charge in [-0.3, -0.25) is 0 Å². The molecule has 1 aliphatic heterocycles. The van der Waals surface area contributed by atoms with Gasteiger partial charge in [-0.2, -0.15) is 30.2 Å². The van der Waals surface area contributed by atoms with E-state index in [0.29, 0.717) is 12.3 Å². The molecule has 1 saturated heterocycles. The van der Waals surface area contributed by atoms with Gasteiger partial charge in [0.2, 0.25) is 0 Å². The van der Waals surface area contributed by atoms with Gasteiger partial charge in [-0.25, -0.2) is 0 Å². The third kappa shape index (κ3) is 4.47. The van der Waals surface area contributed by atoms with Gasteiger partial charge in [0.15, 0.2) is 0 Å². The fourth-order valence-electron chi connectivity index (χ4n) is 2.01. The van der Waals surface area contributed by atoms with E-state index in [1.54, 1.807) is 0 Å². The van der Waals surface area contributed by atoms with Crippen LogP contribution in [0.25, 0.3) is 0 Å². The van der Waals surface area contributed by atoms with Crippen LogP contribution in [-0.4, -0.2) is 55.8 Å². The molecule has 1 heterocycles. The number of alkyl halides is 4. The highest BCUT2D eigenvalue weighted by Gasteiger charge is 2.43. The lowest BCUT2D eigenvalue weighted by Gasteiger charge is -2.34. The summed E-state index contributed by atoms with van der Waals surface area (Å²) in [4.78, 5) is 0. The Hall–Kier alpha value is -0.0500. The van der Waals surface area contributed by atoms with E-state index in [1.807, 2.05) is 0 Å². The maximum atomic E-state index is 12.5. The maximum absolute atomic E-state index is 12.5. The van der Waals surface area contributed by atoms with Crippen LogP contribution in [0.15, 0.2) is 0 Å². The van der Waals surface area contributed by atoms with E-state index in [0.717, 1.165) is 8.61 Å². The minimum absolute atomic E-state index is 0.0856. The fourth-order valence-corrected chi connectivity index (χ4v) is 3.55. The molecule has 0 amide bonds. The highest BCUT2D eigenvalue weighted by molar-refractivity contribution is 7.86. The third-order valence-corrected chi connectivity index (χ3v) is 5.50. The molecule has 0 aromatic heterocycles. The average molecular weight is 323 g/mol. The molecule has 0 unspecified atom stereocenters. The van der Waals surface area contributed by atoms with Gasteiger partial charge in [-0.1, -0.05) is 0 Å². The SMILES string of the molecule is CN(CCCCl)S(=O)(=O)N1CCC(C(F)(F)F)CC1. The summed E-state index contributed by atoms with van der Waals surface area (Å²) < 4.78 is 63.9. The second-order valence-electron chi connectivity index (χ2n) is 4.59. The van der Waals surface area contributed by atoms with Gasteiger partial charge in [0, 0.05) is 32.6 Å². The predicted molar refractivity (Wildman–Crippen MR) is 67.2 cm³/mol. The van der Waals surface area contributed by atoms with Crippen LogP contribution in [0.5, 0.6) is 0 Å². The molecular formula is C10H18ClF3N2O2S. The van der Waals surface area contributed by atoms with Crippen LogP contribution in [0.4, 0.5) is 13.2 Å². The van der Waals surface area contributed by atoms with Crippen LogP contribution in [0.1, 0.15) is 19.3 Å². The summed E-state index contributed by atoms with van der Waals surface area (Å²) in [5.41, 5.74) is 0. The van der Waals surface area contributed by atoms with Crippen molar-refractivity contribution in [3.63, 3.8) is 0 Å². The second kappa shape index (κ2) is 6.60. The first-order valence-electron chi connectivity index (χ1n) is 6.03. The summed E-state index contributed by atoms with van der Waals surface area (Å²) in [5, 5.41) is 0. The average Bonchev–Trinajstić information content (AvgIpc) is 2.35. The minimum atomic E-state index is -4.24. The van der Waals surface area contributed by atoms with E-state index in [9.17, 15) is 21.6 Å². The lowest BCUT2D eigenvalue weighted by atomic mass is 9.98. The Kier molecular flexibility index (Phi) is 5.91. The number of nitrogens with zero attached hydrogens (tertiary/aromatic N) is 2. The summed E-state index contributed by atoms with van der Waals surface area (Å²) in [6, 6.07) is 0. The van der Waals surface area contributed by atoms with Crippen LogP contribution in [-0.2, 0) is 10.2 Å². The molecule has 0 atom stereocenters. The van der Waals surface area contributed by atoms with E-state index in [-0.39, 0.29) is 32.5 Å². The standard InChI is InChI=1S/C10H18ClF3N2O2S/c1-15(6-2-5-11)19(17,18)16-7-3-9(4-8-16)10(12,13)14/h9H,2-8H2,1H3. The van der Waals surface area contributed by atoms with Crippen molar-refractivity contribution in [1.82, 2.24) is 8.61 Å². The molecule has 1 aliphatic rings. The highest BCUT2D eigenvalue weighted by atomic mass is 35.5. The van der Waals surface area contributed by atoms with Gasteiger partial charge in [0.1, 0.15) is 0 Å². The Morgan fingerprint density at radius 2 is 1.84 bits per heavy atom. The van der Waals surface area contributed by atoms with Crippen LogP contribution in [0.3, 0.4) is 0 Å². The number of hydrogen-bond donors (Lipinski definition) is 0. The van der Waals surface area contributed by atoms with E-state index in [4.69, 9.17) is 11.6 Å². The quantitative estimate of drug-likeness (QED) is 0.727. The molecular weight excluding hydrogens is 305 g/mol. The summed E-state index contributed by atoms with van der Waals surface area (Å²) >= 11 is 5.49. The normalized spacial score (nSPS) is 20.1. The molecule has 19 heavy (non-hydrogen) atoms. The summed E-state index contributed by atoms with van der Waals surface area (Å²) in [7, 11) is -2.25. The molecule has 0 spiro atoms. The molecule has 0 aromatic carbocycles. The first-order chi connectivity index (χ1) is 8.69. The zero-order valence-electron chi connectivity index (χ0n) is 10.7. The molecule has 9 heteroatoms. The van der Waals surface area contributed by atoms with Crippen molar-refractivity contribution in [3.8, 4) is 0 Å². The van der Waals surface area contributed by atoms with Crippen molar-refractivity contribution >= 4 is 21.8 Å². The zero-order chi connectivity index (χ0) is 14.7. The first kappa shape index (κ1) is 17.0. The van der Waals surface area contributed by atoms with Crippen molar-refractivity contribution in [2.75, 3.05) is 32.6 Å². The number of piperidine rings is 1. The fraction of sp³-hybridized carbons (Fsp3) is 1.00. The lowest BCUT2D eigenvalue weighted by molar-refractivity contribution is -0.182. The van der Waals surface area contributed by atoms with Gasteiger partial charge in [0.05, 0.1) is 5.92 Å². The largest absolute Gasteiger partial charge is 0.391 e. The highest BCUT2D eigenvalue weighted by Crippen LogP contribution is 2.34. The summed E-state index contributed by atoms with van der Waals surface area (Å²) in [5.74, 6) is -1.05. The van der Waals surface area contributed by atoms with E-state index in [2.05, 4.69) is 0 Å². The number of hydrogen-bond acceptors (Lipinski definition) is 2. The molecule has 1 fully saturated rings. The Balaban J connectivity index is 2.59. The maximum Gasteiger partial charge on any atom is 0.391 e. The van der Waals surface area contributed by atoms with Crippen molar-refractivity contribution in [1.29, 1.82) is 0 Å². The number of rotatable bonds is 5. The smallest absolute Gasteiger partial charge is 0.195 e. The first-order valence-corrected chi connectivity index (χ1v) is 7.97. The topological polar surface area (TPSA) is 40.6 Å². The van der Waals surface area contributed by atoms with Gasteiger partial charge in [-0.15, -0.1) is 11.6 Å². The Bertz CT molecular complexity index is 381. The molecule has 4 nitrogen and oxygen atoms in total. The Morgan fingerprint density at radius 3 is 2.26 bits per heavy atom. The van der Waals surface area contributed by atoms with Gasteiger partial charge in [0.25, 0.3) is 10.2 Å². The summed E-state index contributed by atoms with van der Waals surface area (Å²) in [6.07, 6.45) is -4.07. The predicted octanol–water partition coefficient (Wildman–Crippen LogP) is 2.07. The van der Waals surface area contributed by atoms with Crippen molar-refractivity contribution in [2.24, 2.45) is 5.92 Å². The molecule has 0 bridgehead atoms. The molecule has 0 aliphatic carbocycles. The molecule has 1 rings (SSSR count). The molecule has 0 saturated carbocycles. The van der Waals surface area contributed by atoms with Crippen LogP contribution in [0.2, 0.25) is 0 Å². The minimum Gasteiger partial charge on any atom is -0.195 e. The Labute approximate surface area is 116 Å². The van der Waals surface area contributed by atoms with Crippen molar-refractivity contribution in [2.45, 2.75) is 25.4 Å². The second-order valence-corrected chi connectivity index (χ2v) is 7.00. The van der Waals surface area contributed by atoms with Gasteiger partial charge in [-0.05, 0) is 19.3 Å². The monoisotopic (exact) mass is 322 g/mol. The van der Waals surface area contributed by atoms with E-state index < -0.39 is 22.3 Å². The lowest BCUT2D eigenvalue weighted by Crippen LogP contribution is -2.47. The molecule has 114 valence electrons. The van der Waals surface area contributed by atoms with Gasteiger partial charge >= 0.3 is 6.18 Å². The van der Waals surface area contributed by atoms with Crippen LogP contribution in [0, 0.1) is 5.92 Å². The summed E-state index contributed by atoms with van der Waals surface area (Å²) in [6.45, 7) is 0.0977. The zero-order valence-corrected chi connectivity index (χ0v) is 12.2. The van der Waals surface area contributed by atoms with Crippen molar-refractivity contribution < 1.29 is 21.6 Å². The molecule has 0 N–H and O–H groups in total. The third-order valence-electron chi connectivity index (χ3n) is 3.24. The van der Waals surface area contributed by atoms with Gasteiger partial charge < -0.3 is 0 Å². The van der Waals surface area contributed by atoms with Crippen molar-refractivity contribution in [3.05, 3.63) is 0 Å². The van der Waals surface area contributed by atoms with Crippen LogP contribution < -0.4 is 0 Å². The van der Waals surface area contributed by atoms with E-state index in [1.165, 1.54) is 7.05 Å². The Morgan fingerprint density at radius 1 is 1.32 bits per heavy atom.